The zero-order valence-corrected chi connectivity index (χ0v) is 13.6. The first-order valence-electron chi connectivity index (χ1n) is 8.86. The van der Waals surface area contributed by atoms with Crippen molar-refractivity contribution in [2.45, 2.75) is 56.1 Å². The predicted octanol–water partition coefficient (Wildman–Crippen LogP) is 2.75. The van der Waals surface area contributed by atoms with Crippen molar-refractivity contribution in [2.24, 2.45) is 0 Å². The van der Waals surface area contributed by atoms with E-state index < -0.39 is 11.6 Å². The van der Waals surface area contributed by atoms with Crippen molar-refractivity contribution in [2.75, 3.05) is 13.1 Å². The number of likely N-dealkylation sites (tertiary alicyclic amines) is 1. The number of nitrogens with zero attached hydrogens (tertiary/aromatic N) is 1. The SMILES string of the molecule is O=C(NC1CCN(C2CC2)CC1)N[C@@H]1C[C@H]1c1ccc(F)cc1F. The summed E-state index contributed by atoms with van der Waals surface area (Å²) in [5, 5.41) is 5.95. The number of hydrogen-bond donors (Lipinski definition) is 2. The molecule has 1 saturated heterocycles. The third kappa shape index (κ3) is 3.53. The topological polar surface area (TPSA) is 44.4 Å². The molecule has 2 saturated carbocycles. The molecule has 0 unspecified atom stereocenters. The molecule has 3 fully saturated rings. The second kappa shape index (κ2) is 6.31. The van der Waals surface area contributed by atoms with Crippen LogP contribution in [0.4, 0.5) is 13.6 Å². The van der Waals surface area contributed by atoms with Gasteiger partial charge in [-0.3, -0.25) is 0 Å². The molecule has 2 atom stereocenters. The van der Waals surface area contributed by atoms with Gasteiger partial charge in [-0.25, -0.2) is 13.6 Å². The fourth-order valence-corrected chi connectivity index (χ4v) is 3.74. The minimum absolute atomic E-state index is 0.0481. The first-order chi connectivity index (χ1) is 11.6. The molecule has 0 bridgehead atoms. The molecule has 130 valence electrons. The highest BCUT2D eigenvalue weighted by molar-refractivity contribution is 5.75. The highest BCUT2D eigenvalue weighted by Crippen LogP contribution is 2.42. The summed E-state index contributed by atoms with van der Waals surface area (Å²) in [6.07, 6.45) is 5.33. The van der Waals surface area contributed by atoms with Gasteiger partial charge in [0.2, 0.25) is 0 Å². The molecule has 4 rings (SSSR count). The van der Waals surface area contributed by atoms with Crippen molar-refractivity contribution in [3.05, 3.63) is 35.4 Å². The second-order valence-corrected chi connectivity index (χ2v) is 7.27. The van der Waals surface area contributed by atoms with Gasteiger partial charge in [0.1, 0.15) is 11.6 Å². The maximum Gasteiger partial charge on any atom is 0.315 e. The van der Waals surface area contributed by atoms with E-state index in [1.54, 1.807) is 0 Å². The van der Waals surface area contributed by atoms with Crippen LogP contribution in [0.15, 0.2) is 18.2 Å². The molecule has 4 nitrogen and oxygen atoms in total. The van der Waals surface area contributed by atoms with Crippen molar-refractivity contribution in [3.8, 4) is 0 Å². The zero-order valence-electron chi connectivity index (χ0n) is 13.6. The Labute approximate surface area is 140 Å². The molecule has 1 aromatic carbocycles. The first-order valence-corrected chi connectivity index (χ1v) is 8.86. The van der Waals surface area contributed by atoms with Crippen LogP contribution in [0.25, 0.3) is 0 Å². The molecule has 1 aliphatic heterocycles. The molecular formula is C18H23F2N3O. The fourth-order valence-electron chi connectivity index (χ4n) is 3.74. The average molecular weight is 335 g/mol. The lowest BCUT2D eigenvalue weighted by Gasteiger charge is -2.32. The van der Waals surface area contributed by atoms with Gasteiger partial charge in [-0.05, 0) is 43.7 Å². The van der Waals surface area contributed by atoms with Crippen LogP contribution >= 0.6 is 0 Å². The molecule has 3 aliphatic rings. The largest absolute Gasteiger partial charge is 0.335 e. The summed E-state index contributed by atoms with van der Waals surface area (Å²) in [4.78, 5) is 14.6. The molecule has 2 aliphatic carbocycles. The number of nitrogens with one attached hydrogen (secondary N) is 2. The Hall–Kier alpha value is -1.69. The highest BCUT2D eigenvalue weighted by Gasteiger charge is 2.41. The molecular weight excluding hydrogens is 312 g/mol. The molecule has 6 heteroatoms. The summed E-state index contributed by atoms with van der Waals surface area (Å²) in [6, 6.07) is 4.42. The van der Waals surface area contributed by atoms with Gasteiger partial charge in [-0.1, -0.05) is 6.07 Å². The van der Waals surface area contributed by atoms with Gasteiger partial charge in [-0.15, -0.1) is 0 Å². The van der Waals surface area contributed by atoms with Crippen molar-refractivity contribution in [3.63, 3.8) is 0 Å². The molecule has 0 radical (unpaired) electrons. The van der Waals surface area contributed by atoms with Crippen LogP contribution in [-0.4, -0.2) is 42.1 Å². The lowest BCUT2D eigenvalue weighted by atomic mass is 10.1. The van der Waals surface area contributed by atoms with E-state index in [0.717, 1.165) is 38.0 Å². The molecule has 0 aromatic heterocycles. The van der Waals surface area contributed by atoms with E-state index >= 15 is 0 Å². The second-order valence-electron chi connectivity index (χ2n) is 7.27. The number of halogens is 2. The van der Waals surface area contributed by atoms with Crippen molar-refractivity contribution < 1.29 is 13.6 Å². The summed E-state index contributed by atoms with van der Waals surface area (Å²) in [5.41, 5.74) is 0.486. The van der Waals surface area contributed by atoms with Gasteiger partial charge in [0.15, 0.2) is 0 Å². The van der Waals surface area contributed by atoms with Crippen molar-refractivity contribution >= 4 is 6.03 Å². The number of piperidine rings is 1. The van der Waals surface area contributed by atoms with E-state index in [2.05, 4.69) is 15.5 Å². The number of amides is 2. The number of carbonyl (C=O) groups excluding carboxylic acids is 1. The van der Waals surface area contributed by atoms with Gasteiger partial charge in [0.05, 0.1) is 0 Å². The molecule has 1 heterocycles. The molecule has 2 N–H and O–H groups in total. The van der Waals surface area contributed by atoms with E-state index in [9.17, 15) is 13.6 Å². The zero-order chi connectivity index (χ0) is 16.7. The van der Waals surface area contributed by atoms with Gasteiger partial charge in [0.25, 0.3) is 0 Å². The van der Waals surface area contributed by atoms with Crippen LogP contribution < -0.4 is 10.6 Å². The van der Waals surface area contributed by atoms with Crippen LogP contribution in [0.2, 0.25) is 0 Å². The molecule has 2 amide bonds. The fraction of sp³-hybridized carbons (Fsp3) is 0.611. The normalized spacial score (nSPS) is 27.8. The molecule has 0 spiro atoms. The van der Waals surface area contributed by atoms with E-state index in [0.29, 0.717) is 12.0 Å². The van der Waals surface area contributed by atoms with E-state index in [1.807, 2.05) is 0 Å². The van der Waals surface area contributed by atoms with E-state index in [4.69, 9.17) is 0 Å². The van der Waals surface area contributed by atoms with E-state index in [1.165, 1.54) is 25.0 Å². The predicted molar refractivity (Wildman–Crippen MR) is 86.8 cm³/mol. The number of carbonyl (C=O) groups is 1. The Morgan fingerprint density at radius 1 is 1.08 bits per heavy atom. The third-order valence-corrected chi connectivity index (χ3v) is 5.40. The smallest absolute Gasteiger partial charge is 0.315 e. The minimum Gasteiger partial charge on any atom is -0.335 e. The summed E-state index contributed by atoms with van der Waals surface area (Å²) in [7, 11) is 0. The minimum atomic E-state index is -0.573. The Bertz CT molecular complexity index is 627. The van der Waals surface area contributed by atoms with Crippen LogP contribution in [0.5, 0.6) is 0 Å². The van der Waals surface area contributed by atoms with E-state index in [-0.39, 0.29) is 24.0 Å². The third-order valence-electron chi connectivity index (χ3n) is 5.40. The number of hydrogen-bond acceptors (Lipinski definition) is 2. The standard InChI is InChI=1S/C18H23F2N3O/c19-11-1-4-14(16(20)9-11)15-10-17(15)22-18(24)21-12-5-7-23(8-6-12)13-2-3-13/h1,4,9,12-13,15,17H,2-3,5-8,10H2,(H2,21,22,24)/t15-,17+/m0/s1. The Kier molecular flexibility index (Phi) is 4.16. The summed E-state index contributed by atoms with van der Waals surface area (Å²) in [6.45, 7) is 2.12. The van der Waals surface area contributed by atoms with Crippen LogP contribution in [-0.2, 0) is 0 Å². The Morgan fingerprint density at radius 2 is 1.83 bits per heavy atom. The summed E-state index contributed by atoms with van der Waals surface area (Å²) >= 11 is 0. The monoisotopic (exact) mass is 335 g/mol. The van der Waals surface area contributed by atoms with Crippen LogP contribution in [0.1, 0.15) is 43.6 Å². The summed E-state index contributed by atoms with van der Waals surface area (Å²) in [5.74, 6) is -1.15. The molecule has 24 heavy (non-hydrogen) atoms. The first kappa shape index (κ1) is 15.8. The van der Waals surface area contributed by atoms with Crippen molar-refractivity contribution in [1.29, 1.82) is 0 Å². The number of rotatable bonds is 4. The average Bonchev–Trinajstić information content (AvgIpc) is 3.43. The number of urea groups is 1. The Morgan fingerprint density at radius 3 is 2.50 bits per heavy atom. The van der Waals surface area contributed by atoms with Gasteiger partial charge < -0.3 is 15.5 Å². The quantitative estimate of drug-likeness (QED) is 0.889. The maximum absolute atomic E-state index is 13.8. The van der Waals surface area contributed by atoms with Gasteiger partial charge in [-0.2, -0.15) is 0 Å². The number of benzene rings is 1. The molecule has 1 aromatic rings. The summed E-state index contributed by atoms with van der Waals surface area (Å²) < 4.78 is 26.7. The highest BCUT2D eigenvalue weighted by atomic mass is 19.1. The van der Waals surface area contributed by atoms with Crippen LogP contribution in [0, 0.1) is 11.6 Å². The van der Waals surface area contributed by atoms with Gasteiger partial charge >= 0.3 is 6.03 Å². The lowest BCUT2D eigenvalue weighted by Crippen LogP contribution is -2.48. The Balaban J connectivity index is 1.23. The maximum atomic E-state index is 13.8. The van der Waals surface area contributed by atoms with Crippen LogP contribution in [0.3, 0.4) is 0 Å². The lowest BCUT2D eigenvalue weighted by molar-refractivity contribution is 0.186. The van der Waals surface area contributed by atoms with Crippen molar-refractivity contribution in [1.82, 2.24) is 15.5 Å². The van der Waals surface area contributed by atoms with Gasteiger partial charge in [0, 0.05) is 43.2 Å².